The van der Waals surface area contributed by atoms with Crippen LogP contribution < -0.4 is 10.6 Å². The lowest BCUT2D eigenvalue weighted by Gasteiger charge is -2.32. The average Bonchev–Trinajstić information content (AvgIpc) is 3.16. The first-order chi connectivity index (χ1) is 13.3. The number of fused-ring (bicyclic) bond motifs is 1. The van der Waals surface area contributed by atoms with E-state index >= 15 is 0 Å². The first kappa shape index (κ1) is 19.0. The van der Waals surface area contributed by atoms with Crippen LogP contribution in [0.2, 0.25) is 0 Å². The van der Waals surface area contributed by atoms with E-state index in [9.17, 15) is 13.6 Å². The average molecular weight is 404 g/mol. The minimum atomic E-state index is -0.570. The fourth-order valence-corrected chi connectivity index (χ4v) is 5.04. The summed E-state index contributed by atoms with van der Waals surface area (Å²) < 4.78 is 30.2. The Bertz CT molecular complexity index is 1030. The molecule has 0 aromatic carbocycles. The van der Waals surface area contributed by atoms with E-state index in [-0.39, 0.29) is 22.1 Å². The summed E-state index contributed by atoms with van der Waals surface area (Å²) in [5, 5.41) is 6.07. The largest absolute Gasteiger partial charge is 0.320 e. The van der Waals surface area contributed by atoms with Gasteiger partial charge in [0.25, 0.3) is 5.91 Å². The van der Waals surface area contributed by atoms with Crippen LogP contribution in [0.1, 0.15) is 52.8 Å². The van der Waals surface area contributed by atoms with Gasteiger partial charge in [-0.25, -0.2) is 13.8 Å². The number of imidazole rings is 1. The van der Waals surface area contributed by atoms with Gasteiger partial charge in [-0.15, -0.1) is 11.3 Å². The fourth-order valence-electron chi connectivity index (χ4n) is 3.98. The van der Waals surface area contributed by atoms with Crippen molar-refractivity contribution in [3.63, 3.8) is 0 Å². The van der Waals surface area contributed by atoms with Gasteiger partial charge in [-0.1, -0.05) is 0 Å². The van der Waals surface area contributed by atoms with Gasteiger partial charge < -0.3 is 15.0 Å². The normalized spacial score (nSPS) is 22.5. The maximum atomic E-state index is 14.5. The third kappa shape index (κ3) is 3.66. The number of halogens is 2. The highest BCUT2D eigenvalue weighted by Gasteiger charge is 2.28. The van der Waals surface area contributed by atoms with Crippen molar-refractivity contribution in [1.29, 1.82) is 0 Å². The second kappa shape index (κ2) is 7.25. The number of nitrogens with one attached hydrogen (secondary N) is 2. The summed E-state index contributed by atoms with van der Waals surface area (Å²) in [6, 6.07) is 3.37. The number of rotatable bonds is 3. The highest BCUT2D eigenvalue weighted by Crippen LogP contribution is 2.36. The standard InChI is InChI=1S/C20H22F2N4OS/c1-10-4-13(5-11(2)23-10)17-7-15(21)18(28-17)20(27)25-14-6-16(22)19-24-12(3)8-26(19)9-14/h6-11,13,23H,4-5H2,1-3H3,(H,25,27)/t10-,11-/m0/s1. The Morgan fingerprint density at radius 2 is 1.93 bits per heavy atom. The Morgan fingerprint density at radius 1 is 1.21 bits per heavy atom. The van der Waals surface area contributed by atoms with Crippen LogP contribution >= 0.6 is 11.3 Å². The van der Waals surface area contributed by atoms with Crippen molar-refractivity contribution in [2.75, 3.05) is 5.32 Å². The zero-order chi connectivity index (χ0) is 20.0. The van der Waals surface area contributed by atoms with Crippen molar-refractivity contribution < 1.29 is 13.6 Å². The number of aromatic nitrogens is 2. The molecule has 148 valence electrons. The summed E-state index contributed by atoms with van der Waals surface area (Å²) in [6.45, 7) is 5.99. The summed E-state index contributed by atoms with van der Waals surface area (Å²) >= 11 is 1.18. The Morgan fingerprint density at radius 3 is 2.64 bits per heavy atom. The topological polar surface area (TPSA) is 58.4 Å². The predicted octanol–water partition coefficient (Wildman–Crippen LogP) is 4.48. The van der Waals surface area contributed by atoms with Crippen molar-refractivity contribution in [2.45, 2.75) is 51.6 Å². The van der Waals surface area contributed by atoms with E-state index < -0.39 is 17.5 Å². The van der Waals surface area contributed by atoms with Gasteiger partial charge in [0.15, 0.2) is 11.5 Å². The molecule has 3 aromatic heterocycles. The molecule has 4 heterocycles. The first-order valence-electron chi connectivity index (χ1n) is 9.31. The zero-order valence-electron chi connectivity index (χ0n) is 15.9. The van der Waals surface area contributed by atoms with Crippen LogP contribution in [0.4, 0.5) is 14.5 Å². The molecule has 1 fully saturated rings. The highest BCUT2D eigenvalue weighted by molar-refractivity contribution is 7.14. The van der Waals surface area contributed by atoms with Crippen molar-refractivity contribution in [1.82, 2.24) is 14.7 Å². The van der Waals surface area contributed by atoms with Crippen LogP contribution in [-0.2, 0) is 0 Å². The van der Waals surface area contributed by atoms with E-state index in [0.29, 0.717) is 17.8 Å². The van der Waals surface area contributed by atoms with Gasteiger partial charge >= 0.3 is 0 Å². The fraction of sp³-hybridized carbons (Fsp3) is 0.400. The summed E-state index contributed by atoms with van der Waals surface area (Å²) in [6.07, 6.45) is 5.05. The van der Waals surface area contributed by atoms with Crippen LogP contribution in [0.5, 0.6) is 0 Å². The number of nitrogens with zero attached hydrogens (tertiary/aromatic N) is 2. The molecule has 8 heteroatoms. The molecule has 0 bridgehead atoms. The molecular formula is C20H22F2N4OS. The Kier molecular flexibility index (Phi) is 4.93. The van der Waals surface area contributed by atoms with Gasteiger partial charge in [0.2, 0.25) is 0 Å². The number of carbonyl (C=O) groups excluding carboxylic acids is 1. The summed E-state index contributed by atoms with van der Waals surface area (Å²) in [4.78, 5) is 17.6. The van der Waals surface area contributed by atoms with E-state index in [4.69, 9.17) is 0 Å². The molecule has 2 atom stereocenters. The number of hydrogen-bond acceptors (Lipinski definition) is 4. The Labute approximate surface area is 165 Å². The number of amides is 1. The SMILES string of the molecule is Cc1cn2cc(NC(=O)c3sc(C4C[C@H](C)N[C@@H](C)C4)cc3F)cc(F)c2n1. The Balaban J connectivity index is 1.56. The second-order valence-corrected chi connectivity index (χ2v) is 8.69. The molecule has 4 rings (SSSR count). The third-order valence-corrected chi connectivity index (χ3v) is 6.32. The molecule has 1 aliphatic rings. The highest BCUT2D eigenvalue weighted by atomic mass is 32.1. The van der Waals surface area contributed by atoms with Gasteiger partial charge in [0.1, 0.15) is 10.7 Å². The molecule has 2 N–H and O–H groups in total. The lowest BCUT2D eigenvalue weighted by molar-refractivity contribution is 0.102. The summed E-state index contributed by atoms with van der Waals surface area (Å²) in [5.41, 5.74) is 1.11. The smallest absolute Gasteiger partial charge is 0.268 e. The predicted molar refractivity (Wildman–Crippen MR) is 106 cm³/mol. The quantitative estimate of drug-likeness (QED) is 0.677. The van der Waals surface area contributed by atoms with Crippen LogP contribution in [0.15, 0.2) is 24.5 Å². The molecule has 0 radical (unpaired) electrons. The number of aryl methyl sites for hydroxylation is 1. The lowest BCUT2D eigenvalue weighted by Crippen LogP contribution is -2.41. The van der Waals surface area contributed by atoms with Crippen LogP contribution in [0.25, 0.3) is 5.65 Å². The van der Waals surface area contributed by atoms with E-state index in [1.165, 1.54) is 27.9 Å². The molecule has 0 saturated carbocycles. The molecule has 0 unspecified atom stereocenters. The molecule has 5 nitrogen and oxygen atoms in total. The maximum absolute atomic E-state index is 14.5. The maximum Gasteiger partial charge on any atom is 0.268 e. The monoisotopic (exact) mass is 404 g/mol. The third-order valence-electron chi connectivity index (χ3n) is 5.04. The van der Waals surface area contributed by atoms with Crippen LogP contribution in [-0.4, -0.2) is 27.4 Å². The van der Waals surface area contributed by atoms with Crippen LogP contribution in [0.3, 0.4) is 0 Å². The van der Waals surface area contributed by atoms with E-state index in [1.54, 1.807) is 19.3 Å². The van der Waals surface area contributed by atoms with Gasteiger partial charge in [0.05, 0.1) is 11.4 Å². The number of hydrogen-bond donors (Lipinski definition) is 2. The van der Waals surface area contributed by atoms with E-state index in [2.05, 4.69) is 29.5 Å². The molecule has 1 amide bonds. The van der Waals surface area contributed by atoms with Crippen molar-refractivity contribution in [2.24, 2.45) is 0 Å². The van der Waals surface area contributed by atoms with Gasteiger partial charge in [-0.05, 0) is 45.6 Å². The molecule has 0 aliphatic carbocycles. The minimum absolute atomic E-state index is 0.0242. The molecular weight excluding hydrogens is 382 g/mol. The van der Waals surface area contributed by atoms with Crippen molar-refractivity contribution in [3.05, 3.63) is 51.6 Å². The Hall–Kier alpha value is -2.32. The summed E-state index contributed by atoms with van der Waals surface area (Å²) in [5.74, 6) is -1.42. The zero-order valence-corrected chi connectivity index (χ0v) is 16.7. The molecule has 3 aromatic rings. The van der Waals surface area contributed by atoms with Crippen molar-refractivity contribution >= 4 is 28.6 Å². The minimum Gasteiger partial charge on any atom is -0.320 e. The molecule has 28 heavy (non-hydrogen) atoms. The number of anilines is 1. The number of thiophene rings is 1. The van der Waals surface area contributed by atoms with E-state index in [1.807, 2.05) is 0 Å². The van der Waals surface area contributed by atoms with Gasteiger partial charge in [0, 0.05) is 35.4 Å². The first-order valence-corrected chi connectivity index (χ1v) is 10.1. The second-order valence-electron chi connectivity index (χ2n) is 7.61. The van der Waals surface area contributed by atoms with Gasteiger partial charge in [-0.2, -0.15) is 0 Å². The number of pyridine rings is 1. The van der Waals surface area contributed by atoms with Crippen LogP contribution in [0, 0.1) is 18.6 Å². The van der Waals surface area contributed by atoms with E-state index in [0.717, 1.165) is 17.7 Å². The lowest BCUT2D eigenvalue weighted by atomic mass is 9.88. The summed E-state index contributed by atoms with van der Waals surface area (Å²) in [7, 11) is 0. The van der Waals surface area contributed by atoms with Gasteiger partial charge in [-0.3, -0.25) is 4.79 Å². The molecule has 0 spiro atoms. The van der Waals surface area contributed by atoms with Crippen molar-refractivity contribution in [3.8, 4) is 0 Å². The number of piperidine rings is 1. The number of carbonyl (C=O) groups is 1. The molecule has 1 aliphatic heterocycles. The molecule has 1 saturated heterocycles.